The number of rotatable bonds is 5. The normalized spacial score (nSPS) is 26.3. The first-order valence-corrected chi connectivity index (χ1v) is 13.2. The Morgan fingerprint density at radius 2 is 1.74 bits per heavy atom. The molecule has 1 saturated carbocycles. The number of fused-ring (bicyclic) bond motifs is 1. The third-order valence-corrected chi connectivity index (χ3v) is 8.19. The Morgan fingerprint density at radius 3 is 2.46 bits per heavy atom. The summed E-state index contributed by atoms with van der Waals surface area (Å²) in [6.45, 7) is 1.61. The van der Waals surface area contributed by atoms with E-state index in [0.29, 0.717) is 36.6 Å². The third-order valence-electron chi connectivity index (χ3n) is 8.19. The molecule has 0 bridgehead atoms. The summed E-state index contributed by atoms with van der Waals surface area (Å²) in [6.07, 6.45) is 1.63. The van der Waals surface area contributed by atoms with Crippen LogP contribution in [-0.4, -0.2) is 68.8 Å². The van der Waals surface area contributed by atoms with E-state index in [1.807, 2.05) is 6.07 Å². The summed E-state index contributed by atoms with van der Waals surface area (Å²) in [5, 5.41) is 2.31. The first-order valence-electron chi connectivity index (χ1n) is 13.2. The van der Waals surface area contributed by atoms with Gasteiger partial charge in [0, 0.05) is 56.0 Å². The van der Waals surface area contributed by atoms with Gasteiger partial charge in [0.1, 0.15) is 23.7 Å². The van der Waals surface area contributed by atoms with E-state index < -0.39 is 23.7 Å². The highest BCUT2D eigenvalue weighted by Gasteiger charge is 2.42. The van der Waals surface area contributed by atoms with Crippen LogP contribution in [0.3, 0.4) is 0 Å². The summed E-state index contributed by atoms with van der Waals surface area (Å²) in [4.78, 5) is 48.5. The number of aromatic nitrogens is 2. The zero-order valence-corrected chi connectivity index (χ0v) is 21.1. The maximum Gasteiger partial charge on any atom is 0.419 e. The molecule has 4 aliphatic rings. The number of hydrogen-bond acceptors (Lipinski definition) is 7. The van der Waals surface area contributed by atoms with Gasteiger partial charge in [-0.2, -0.15) is 13.2 Å². The van der Waals surface area contributed by atoms with E-state index in [0.717, 1.165) is 43.6 Å². The summed E-state index contributed by atoms with van der Waals surface area (Å²) < 4.78 is 44.9. The molecule has 9 nitrogen and oxygen atoms in total. The van der Waals surface area contributed by atoms with Crippen molar-refractivity contribution in [3.05, 3.63) is 53.1 Å². The third kappa shape index (κ3) is 4.97. The van der Waals surface area contributed by atoms with Gasteiger partial charge in [-0.15, -0.1) is 0 Å². The number of likely N-dealkylation sites (tertiary alicyclic amines) is 1. The van der Waals surface area contributed by atoms with Crippen molar-refractivity contribution in [3.63, 3.8) is 0 Å². The summed E-state index contributed by atoms with van der Waals surface area (Å²) in [6, 6.07) is 4.88. The van der Waals surface area contributed by atoms with Gasteiger partial charge in [-0.3, -0.25) is 24.6 Å². The average molecular weight is 544 g/mol. The minimum Gasteiger partial charge on any atom is -0.489 e. The number of ether oxygens (including phenoxy) is 1. The molecule has 1 unspecified atom stereocenters. The van der Waals surface area contributed by atoms with Crippen molar-refractivity contribution in [2.75, 3.05) is 13.1 Å². The number of piperidine rings is 1. The lowest BCUT2D eigenvalue weighted by Crippen LogP contribution is -2.57. The van der Waals surface area contributed by atoms with Crippen molar-refractivity contribution >= 4 is 17.7 Å². The number of nitrogens with zero attached hydrogens (tertiary/aromatic N) is 4. The molecule has 206 valence electrons. The fourth-order valence-electron chi connectivity index (χ4n) is 6.07. The minimum atomic E-state index is -4.45. The molecule has 12 heteroatoms. The standard InChI is InChI=1S/C27H28F3N5O4/c28-27(29,30)17-10-31-24(32-11-17)16-12-34(13-16)20-3-1-2-4-22(20)39-18-5-6-19-15(9-18)14-35(26(19)38)21-7-8-23(36)33-25(21)37/h5-6,9-11,16,20-22H,1-4,7-8,12-14H2,(H,33,36,37)/t20-,21?,22-/m0/s1. The molecule has 0 radical (unpaired) electrons. The highest BCUT2D eigenvalue weighted by Crippen LogP contribution is 2.36. The van der Waals surface area contributed by atoms with Crippen molar-refractivity contribution in [3.8, 4) is 5.75 Å². The monoisotopic (exact) mass is 543 g/mol. The molecule has 2 saturated heterocycles. The van der Waals surface area contributed by atoms with E-state index in [4.69, 9.17) is 4.74 Å². The van der Waals surface area contributed by atoms with Crippen LogP contribution in [0.25, 0.3) is 0 Å². The van der Waals surface area contributed by atoms with Crippen LogP contribution in [0, 0.1) is 0 Å². The number of alkyl halides is 3. The second-order valence-electron chi connectivity index (χ2n) is 10.7. The predicted octanol–water partition coefficient (Wildman–Crippen LogP) is 3.05. The van der Waals surface area contributed by atoms with Crippen LogP contribution in [0.5, 0.6) is 5.75 Å². The maximum atomic E-state index is 13.0. The van der Waals surface area contributed by atoms with Crippen molar-refractivity contribution < 1.29 is 32.3 Å². The van der Waals surface area contributed by atoms with Gasteiger partial charge in [-0.25, -0.2) is 9.97 Å². The van der Waals surface area contributed by atoms with Crippen LogP contribution in [0.1, 0.15) is 71.8 Å². The molecule has 1 aromatic carbocycles. The van der Waals surface area contributed by atoms with Gasteiger partial charge in [-0.1, -0.05) is 6.42 Å². The van der Waals surface area contributed by atoms with Gasteiger partial charge < -0.3 is 9.64 Å². The van der Waals surface area contributed by atoms with Crippen LogP contribution in [-0.2, 0) is 22.3 Å². The summed E-state index contributed by atoms with van der Waals surface area (Å²) >= 11 is 0. The Kier molecular flexibility index (Phi) is 6.52. The van der Waals surface area contributed by atoms with Crippen molar-refractivity contribution in [1.82, 2.24) is 25.1 Å². The van der Waals surface area contributed by atoms with Crippen molar-refractivity contribution in [1.29, 1.82) is 0 Å². The molecule has 6 rings (SSSR count). The van der Waals surface area contributed by atoms with Crippen LogP contribution in [0.4, 0.5) is 13.2 Å². The van der Waals surface area contributed by atoms with E-state index in [2.05, 4.69) is 20.2 Å². The summed E-state index contributed by atoms with van der Waals surface area (Å²) in [5.41, 5.74) is 0.479. The first kappa shape index (κ1) is 25.7. The smallest absolute Gasteiger partial charge is 0.419 e. The van der Waals surface area contributed by atoms with Crippen molar-refractivity contribution in [2.24, 2.45) is 0 Å². The predicted molar refractivity (Wildman–Crippen MR) is 131 cm³/mol. The number of imide groups is 1. The fourth-order valence-corrected chi connectivity index (χ4v) is 6.07. The zero-order valence-electron chi connectivity index (χ0n) is 21.1. The number of carbonyl (C=O) groups excluding carboxylic acids is 3. The lowest BCUT2D eigenvalue weighted by molar-refractivity contribution is -0.138. The fraction of sp³-hybridized carbons (Fsp3) is 0.519. The number of hydrogen-bond donors (Lipinski definition) is 1. The molecule has 3 aliphatic heterocycles. The molecule has 3 fully saturated rings. The van der Waals surface area contributed by atoms with Crippen LogP contribution in [0.15, 0.2) is 30.6 Å². The Labute approximate surface area is 222 Å². The van der Waals surface area contributed by atoms with E-state index >= 15 is 0 Å². The van der Waals surface area contributed by atoms with Crippen molar-refractivity contribution in [2.45, 2.75) is 75.4 Å². The zero-order chi connectivity index (χ0) is 27.3. The molecule has 3 amide bonds. The maximum absolute atomic E-state index is 13.0. The molecule has 2 aromatic rings. The SMILES string of the molecule is O=C1CCC(N2Cc3cc(O[C@H]4CCCC[C@@H]4N4CC(c5ncc(C(F)(F)F)cn5)C4)ccc3C2=O)C(=O)N1. The number of nitrogens with one attached hydrogen (secondary N) is 1. The topological polar surface area (TPSA) is 105 Å². The quantitative estimate of drug-likeness (QED) is 0.578. The molecule has 1 aliphatic carbocycles. The molecule has 39 heavy (non-hydrogen) atoms. The number of amides is 3. The van der Waals surface area contributed by atoms with Gasteiger partial charge in [0.05, 0.1) is 5.56 Å². The number of carbonyl (C=O) groups is 3. The second kappa shape index (κ2) is 9.89. The van der Waals surface area contributed by atoms with Gasteiger partial charge in [0.2, 0.25) is 11.8 Å². The Morgan fingerprint density at radius 1 is 1.00 bits per heavy atom. The Bertz CT molecular complexity index is 1300. The molecule has 0 spiro atoms. The van der Waals surface area contributed by atoms with E-state index in [-0.39, 0.29) is 42.8 Å². The highest BCUT2D eigenvalue weighted by molar-refractivity contribution is 6.05. The summed E-state index contributed by atoms with van der Waals surface area (Å²) in [5.74, 6) is 0.0861. The highest BCUT2D eigenvalue weighted by atomic mass is 19.4. The lowest BCUT2D eigenvalue weighted by Gasteiger charge is -2.47. The van der Waals surface area contributed by atoms with Gasteiger partial charge in [0.15, 0.2) is 0 Å². The van der Waals surface area contributed by atoms with E-state index in [1.165, 1.54) is 4.90 Å². The van der Waals surface area contributed by atoms with Gasteiger partial charge in [0.25, 0.3) is 5.91 Å². The molecule has 4 heterocycles. The van der Waals surface area contributed by atoms with E-state index in [9.17, 15) is 27.6 Å². The first-order chi connectivity index (χ1) is 18.7. The van der Waals surface area contributed by atoms with Crippen LogP contribution >= 0.6 is 0 Å². The average Bonchev–Trinajstić information content (AvgIpc) is 3.19. The Balaban J connectivity index is 1.09. The molecular formula is C27H28F3N5O4. The minimum absolute atomic E-state index is 0.0147. The Hall–Kier alpha value is -3.54. The largest absolute Gasteiger partial charge is 0.489 e. The summed E-state index contributed by atoms with van der Waals surface area (Å²) in [7, 11) is 0. The molecule has 1 aromatic heterocycles. The number of benzene rings is 1. The molecule has 1 N–H and O–H groups in total. The number of halogens is 3. The van der Waals surface area contributed by atoms with E-state index in [1.54, 1.807) is 12.1 Å². The van der Waals surface area contributed by atoms with Crippen LogP contribution in [0.2, 0.25) is 0 Å². The molecular weight excluding hydrogens is 515 g/mol. The second-order valence-corrected chi connectivity index (χ2v) is 10.7. The lowest BCUT2D eigenvalue weighted by atomic mass is 9.86. The molecule has 3 atom stereocenters. The van der Waals surface area contributed by atoms with Gasteiger partial charge in [-0.05, 0) is 49.4 Å². The van der Waals surface area contributed by atoms with Crippen LogP contribution < -0.4 is 10.1 Å². The van der Waals surface area contributed by atoms with Gasteiger partial charge >= 0.3 is 6.18 Å².